The second-order valence-corrected chi connectivity index (χ2v) is 12.0. The third-order valence-corrected chi connectivity index (χ3v) is 8.69. The minimum Gasteiger partial charge on any atom is -0.499 e. The third-order valence-electron chi connectivity index (χ3n) is 6.53. The number of fused-ring (bicyclic) bond motifs is 1. The molecule has 240 valence electrons. The number of para-hydroxylation sites is 1. The number of nitrogens with zero attached hydrogens (tertiary/aromatic N) is 4. The van der Waals surface area contributed by atoms with Crippen LogP contribution in [0, 0.1) is 6.01 Å². The molecular weight excluding hydrogens is 708 g/mol. The van der Waals surface area contributed by atoms with Gasteiger partial charge in [0, 0.05) is 12.3 Å². The molecule has 0 saturated heterocycles. The summed E-state index contributed by atoms with van der Waals surface area (Å²) in [6.07, 6.45) is -5.05. The van der Waals surface area contributed by atoms with E-state index < -0.39 is 59.3 Å². The van der Waals surface area contributed by atoms with Crippen molar-refractivity contribution < 1.29 is 49.8 Å². The first kappa shape index (κ1) is 33.4. The Balaban J connectivity index is 1.54. The predicted molar refractivity (Wildman–Crippen MR) is 162 cm³/mol. The van der Waals surface area contributed by atoms with Gasteiger partial charge >= 0.3 is 18.1 Å². The van der Waals surface area contributed by atoms with Gasteiger partial charge in [-0.3, -0.25) is 4.68 Å². The molecule has 0 radical (unpaired) electrons. The van der Waals surface area contributed by atoms with E-state index in [1.807, 2.05) is 0 Å². The van der Waals surface area contributed by atoms with Crippen molar-refractivity contribution in [3.63, 3.8) is 0 Å². The minimum absolute atomic E-state index is 0.0425. The Morgan fingerprint density at radius 2 is 1.85 bits per heavy atom. The van der Waals surface area contributed by atoms with E-state index in [0.29, 0.717) is 9.56 Å². The number of carbonyl (C=O) groups is 1. The van der Waals surface area contributed by atoms with E-state index in [0.717, 1.165) is 36.0 Å². The summed E-state index contributed by atoms with van der Waals surface area (Å²) in [5, 5.41) is 2.21. The molecule has 1 unspecified atom stereocenters. The van der Waals surface area contributed by atoms with E-state index in [1.165, 1.54) is 52.9 Å². The highest BCUT2D eigenvalue weighted by atomic mass is 79.9. The fourth-order valence-electron chi connectivity index (χ4n) is 4.60. The van der Waals surface area contributed by atoms with Crippen LogP contribution in [0.5, 0.6) is 11.6 Å². The number of hydrogen-bond acceptors (Lipinski definition) is 9. The van der Waals surface area contributed by atoms with Crippen LogP contribution in [0.15, 0.2) is 63.9 Å². The second kappa shape index (κ2) is 12.7. The highest BCUT2D eigenvalue weighted by Crippen LogP contribution is 2.47. The maximum Gasteiger partial charge on any atom is 0.408 e. The van der Waals surface area contributed by atoms with Gasteiger partial charge in [0.15, 0.2) is 15.7 Å². The van der Waals surface area contributed by atoms with E-state index >= 15 is 8.78 Å². The van der Waals surface area contributed by atoms with Gasteiger partial charge in [-0.25, -0.2) is 14.8 Å². The maximum atomic E-state index is 16.6. The highest BCUT2D eigenvalue weighted by molar-refractivity contribution is 9.10. The fraction of sp³-hybridized carbons (Fsp3) is 0.259. The molecule has 19 heteroatoms. The second-order valence-electron chi connectivity index (χ2n) is 10.2. The Kier molecular flexibility index (Phi) is 9.19. The summed E-state index contributed by atoms with van der Waals surface area (Å²) in [5.41, 5.74) is -0.858. The molecule has 4 aromatic heterocycles. The molecule has 0 fully saturated rings. The zero-order chi connectivity index (χ0) is 33.4. The first-order chi connectivity index (χ1) is 21.6. The molecule has 0 spiro atoms. The molecule has 5 aromatic rings. The van der Waals surface area contributed by atoms with Crippen LogP contribution >= 0.6 is 27.3 Å². The van der Waals surface area contributed by atoms with Gasteiger partial charge in [-0.1, -0.05) is 12.1 Å². The molecule has 0 saturated carbocycles. The van der Waals surface area contributed by atoms with Crippen molar-refractivity contribution in [1.82, 2.24) is 19.7 Å². The Hall–Kier alpha value is -3.99. The van der Waals surface area contributed by atoms with E-state index in [-0.39, 0.29) is 32.8 Å². The van der Waals surface area contributed by atoms with Crippen LogP contribution in [0.25, 0.3) is 20.9 Å². The number of alkyl halides is 5. The molecule has 0 aliphatic heterocycles. The van der Waals surface area contributed by atoms with Crippen molar-refractivity contribution in [3.05, 3.63) is 76.7 Å². The zero-order valence-corrected chi connectivity index (χ0v) is 26.5. The van der Waals surface area contributed by atoms with Gasteiger partial charge in [-0.05, 0) is 47.1 Å². The molecule has 0 amide bonds. The van der Waals surface area contributed by atoms with Crippen LogP contribution in [0.4, 0.5) is 26.3 Å². The molecule has 1 atom stereocenters. The lowest BCUT2D eigenvalue weighted by atomic mass is 9.63. The van der Waals surface area contributed by atoms with Gasteiger partial charge in [-0.2, -0.15) is 31.4 Å². The predicted octanol–water partition coefficient (Wildman–Crippen LogP) is 5.17. The number of ether oxygens (including phenoxy) is 3. The van der Waals surface area contributed by atoms with Gasteiger partial charge in [-0.15, -0.1) is 11.3 Å². The van der Waals surface area contributed by atoms with E-state index in [2.05, 4.69) is 31.0 Å². The SMILES string of the molecule is BC(B)(Oc1ccccc1C(F)(F)C(Oc1ncnc2sc(-c3ccc(F)o3)c(Br)c12)C(=O)OCC)c1ccnn1CC(F)(F)F. The first-order valence-electron chi connectivity index (χ1n) is 13.4. The maximum absolute atomic E-state index is 16.6. The lowest BCUT2D eigenvalue weighted by Gasteiger charge is -2.32. The lowest BCUT2D eigenvalue weighted by molar-refractivity contribution is -0.174. The minimum atomic E-state index is -4.61. The van der Waals surface area contributed by atoms with Crippen LogP contribution < -0.4 is 9.47 Å². The molecule has 1 aromatic carbocycles. The summed E-state index contributed by atoms with van der Waals surface area (Å²) >= 11 is 4.38. The highest BCUT2D eigenvalue weighted by Gasteiger charge is 2.52. The van der Waals surface area contributed by atoms with Crippen molar-refractivity contribution >= 4 is 59.1 Å². The molecule has 46 heavy (non-hydrogen) atoms. The summed E-state index contributed by atoms with van der Waals surface area (Å²) in [5.74, 6) is -6.33. The number of benzene rings is 1. The fourth-order valence-corrected chi connectivity index (χ4v) is 6.51. The summed E-state index contributed by atoms with van der Waals surface area (Å²) < 4.78 is 109. The van der Waals surface area contributed by atoms with E-state index in [4.69, 9.17) is 18.6 Å². The largest absolute Gasteiger partial charge is 0.499 e. The average Bonchev–Trinajstić information content (AvgIpc) is 3.70. The van der Waals surface area contributed by atoms with E-state index in [9.17, 15) is 22.4 Å². The smallest absolute Gasteiger partial charge is 0.408 e. The van der Waals surface area contributed by atoms with Crippen LogP contribution in [-0.2, 0) is 27.4 Å². The van der Waals surface area contributed by atoms with Crippen LogP contribution in [0.2, 0.25) is 0 Å². The zero-order valence-electron chi connectivity index (χ0n) is 24.1. The quantitative estimate of drug-likeness (QED) is 0.104. The number of thiophene rings is 1. The molecule has 9 nitrogen and oxygen atoms in total. The van der Waals surface area contributed by atoms with Gasteiger partial charge < -0.3 is 18.6 Å². The average molecular weight is 729 g/mol. The van der Waals surface area contributed by atoms with E-state index in [1.54, 1.807) is 0 Å². The molecule has 0 bridgehead atoms. The topological polar surface area (TPSA) is 102 Å². The Morgan fingerprint density at radius 1 is 1.11 bits per heavy atom. The van der Waals surface area contributed by atoms with Crippen molar-refractivity contribution in [2.24, 2.45) is 0 Å². The standard InChI is InChI=1S/C27H21B2BrF6N4O5S/c1-2-42-24(41)21(44-22-18-19(30)20(15-7-8-17(31)43-15)46-23(18)38-12-37-22)26(35,36)13-5-3-4-6-14(13)45-27(28,29)16-9-10-39-40(16)11-25(32,33)34/h3-10,12,21H,2,11,28-29H2,1H3. The number of furan rings is 1. The molecule has 0 aliphatic rings. The van der Waals surface area contributed by atoms with Crippen LogP contribution in [0.3, 0.4) is 0 Å². The summed E-state index contributed by atoms with van der Waals surface area (Å²) in [6.45, 7) is -0.274. The lowest BCUT2D eigenvalue weighted by Crippen LogP contribution is -2.45. The molecular formula is C27H21B2BrF6N4O5S. The monoisotopic (exact) mass is 728 g/mol. The van der Waals surface area contributed by atoms with Crippen molar-refractivity contribution in [2.75, 3.05) is 6.61 Å². The van der Waals surface area contributed by atoms with Gasteiger partial charge in [0.25, 0.3) is 12.1 Å². The molecule has 0 N–H and O–H groups in total. The van der Waals surface area contributed by atoms with Crippen molar-refractivity contribution in [1.29, 1.82) is 0 Å². The third kappa shape index (κ3) is 6.74. The number of halogens is 7. The number of hydrogen-bond donors (Lipinski definition) is 0. The number of carbonyl (C=O) groups excluding carboxylic acids is 1. The van der Waals surface area contributed by atoms with Crippen LogP contribution in [0.1, 0.15) is 18.2 Å². The number of esters is 1. The summed E-state index contributed by atoms with van der Waals surface area (Å²) in [6, 6.07) is 7.72. The molecule has 5 rings (SSSR count). The van der Waals surface area contributed by atoms with Crippen molar-refractivity contribution in [2.45, 2.75) is 37.1 Å². The Labute approximate surface area is 270 Å². The summed E-state index contributed by atoms with van der Waals surface area (Å²) in [4.78, 5) is 21.8. The van der Waals surface area contributed by atoms with Gasteiger partial charge in [0.05, 0.1) is 38.0 Å². The normalized spacial score (nSPS) is 13.1. The first-order valence-corrected chi connectivity index (χ1v) is 15.0. The van der Waals surface area contributed by atoms with Gasteiger partial charge in [0.2, 0.25) is 5.88 Å². The Morgan fingerprint density at radius 3 is 2.52 bits per heavy atom. The number of rotatable bonds is 11. The summed E-state index contributed by atoms with van der Waals surface area (Å²) in [7, 11) is 2.78. The Bertz CT molecular complexity index is 1880. The van der Waals surface area contributed by atoms with Crippen molar-refractivity contribution in [3.8, 4) is 22.3 Å². The molecule has 0 aliphatic carbocycles. The number of aromatic nitrogens is 4. The van der Waals surface area contributed by atoms with Gasteiger partial charge in [0.1, 0.15) is 29.2 Å². The van der Waals surface area contributed by atoms with Crippen LogP contribution in [-0.4, -0.2) is 60.3 Å². The molecule has 4 heterocycles.